The van der Waals surface area contributed by atoms with Crippen LogP contribution in [-0.4, -0.2) is 22.4 Å². The van der Waals surface area contributed by atoms with E-state index in [4.69, 9.17) is 20.3 Å². The molecular formula is C27H32F3N5O4S. The summed E-state index contributed by atoms with van der Waals surface area (Å²) in [5, 5.41) is 9.97. The van der Waals surface area contributed by atoms with E-state index in [1.807, 2.05) is 0 Å². The molecule has 1 heterocycles. The molecule has 1 atom stereocenters. The van der Waals surface area contributed by atoms with Crippen molar-refractivity contribution in [1.82, 2.24) is 9.29 Å². The summed E-state index contributed by atoms with van der Waals surface area (Å²) in [4.78, 5) is 25.3. The van der Waals surface area contributed by atoms with Crippen molar-refractivity contribution in [2.45, 2.75) is 52.4 Å². The SMILES string of the molecule is CC(C)(C)C(=O)OCCC(C)(NSC(=O)Nc1c(N)cccc1Cn1ccoc1=N)c1cccc(C(F)(F)F)c1. The molecule has 13 heteroatoms. The average molecular weight is 580 g/mol. The molecule has 0 spiro atoms. The molecule has 9 nitrogen and oxygen atoms in total. The lowest BCUT2D eigenvalue weighted by Gasteiger charge is -2.31. The molecule has 1 amide bonds. The van der Waals surface area contributed by atoms with Crippen LogP contribution in [0.2, 0.25) is 0 Å². The number of para-hydroxylation sites is 1. The smallest absolute Gasteiger partial charge is 0.416 e. The Morgan fingerprint density at radius 3 is 2.40 bits per heavy atom. The summed E-state index contributed by atoms with van der Waals surface area (Å²) in [6.45, 7) is 6.82. The summed E-state index contributed by atoms with van der Waals surface area (Å²) in [6, 6.07) is 9.82. The van der Waals surface area contributed by atoms with Crippen LogP contribution in [0.25, 0.3) is 0 Å². The standard InChI is InChI=1S/C27H32F3N5O4S/c1-25(2,3)22(36)38-13-11-26(4,18-8-6-9-19(15-18)27(28,29)30)34-40-24(37)33-21-17(7-5-10-20(21)31)16-35-12-14-39-23(35)32/h5-10,12,14-15,32,34H,11,13,16,31H2,1-4H3,(H,33,37). The highest BCUT2D eigenvalue weighted by atomic mass is 32.2. The minimum atomic E-state index is -4.56. The average Bonchev–Trinajstić information content (AvgIpc) is 3.28. The monoisotopic (exact) mass is 579 g/mol. The van der Waals surface area contributed by atoms with Crippen molar-refractivity contribution >= 4 is 34.5 Å². The van der Waals surface area contributed by atoms with Gasteiger partial charge in [0.05, 0.1) is 41.0 Å². The summed E-state index contributed by atoms with van der Waals surface area (Å²) in [5.74, 6) is -0.456. The second-order valence-corrected chi connectivity index (χ2v) is 11.2. The van der Waals surface area contributed by atoms with Gasteiger partial charge in [0, 0.05) is 24.6 Å². The van der Waals surface area contributed by atoms with Crippen molar-refractivity contribution in [2.75, 3.05) is 17.7 Å². The van der Waals surface area contributed by atoms with Gasteiger partial charge in [0.1, 0.15) is 6.26 Å². The molecule has 0 radical (unpaired) electrons. The Kier molecular flexibility index (Phi) is 9.41. The second-order valence-electron chi connectivity index (χ2n) is 10.4. The molecule has 3 rings (SSSR count). The first-order valence-corrected chi connectivity index (χ1v) is 13.1. The second kappa shape index (κ2) is 12.2. The fourth-order valence-electron chi connectivity index (χ4n) is 3.66. The molecule has 0 aliphatic carbocycles. The number of rotatable bonds is 9. The molecule has 0 saturated heterocycles. The van der Waals surface area contributed by atoms with Gasteiger partial charge in [-0.2, -0.15) is 13.2 Å². The normalized spacial score (nSPS) is 13.5. The molecule has 216 valence electrons. The molecule has 0 saturated carbocycles. The number of nitrogens with one attached hydrogen (secondary N) is 3. The largest absolute Gasteiger partial charge is 0.465 e. The highest BCUT2D eigenvalue weighted by molar-refractivity contribution is 8.12. The third-order valence-electron chi connectivity index (χ3n) is 6.08. The number of hydrogen-bond donors (Lipinski definition) is 4. The number of anilines is 2. The number of nitrogens with zero attached hydrogens (tertiary/aromatic N) is 1. The predicted octanol–water partition coefficient (Wildman–Crippen LogP) is 5.87. The minimum Gasteiger partial charge on any atom is -0.465 e. The van der Waals surface area contributed by atoms with E-state index in [9.17, 15) is 22.8 Å². The summed E-state index contributed by atoms with van der Waals surface area (Å²) >= 11 is 0.640. The van der Waals surface area contributed by atoms with E-state index >= 15 is 0 Å². The number of esters is 1. The number of aromatic nitrogens is 1. The van der Waals surface area contributed by atoms with Crippen LogP contribution in [0.4, 0.5) is 29.3 Å². The van der Waals surface area contributed by atoms with Crippen molar-refractivity contribution in [1.29, 1.82) is 5.41 Å². The number of oxazole rings is 1. The molecule has 1 aromatic heterocycles. The number of ether oxygens (including phenoxy) is 1. The molecule has 0 aliphatic heterocycles. The zero-order valence-corrected chi connectivity index (χ0v) is 23.3. The lowest BCUT2D eigenvalue weighted by atomic mass is 9.89. The quantitative estimate of drug-likeness (QED) is 0.141. The number of benzene rings is 2. The number of carbonyl (C=O) groups excluding carboxylic acids is 2. The third-order valence-corrected chi connectivity index (χ3v) is 6.92. The number of nitrogens with two attached hydrogens (primary N) is 1. The molecule has 5 N–H and O–H groups in total. The van der Waals surface area contributed by atoms with Crippen LogP contribution in [0.15, 0.2) is 59.3 Å². The van der Waals surface area contributed by atoms with Gasteiger partial charge in [-0.25, -0.2) is 4.72 Å². The Bertz CT molecular complexity index is 1410. The molecule has 40 heavy (non-hydrogen) atoms. The Hall–Kier alpha value is -3.71. The first-order valence-electron chi connectivity index (χ1n) is 12.3. The summed E-state index contributed by atoms with van der Waals surface area (Å²) in [6.07, 6.45) is -1.55. The minimum absolute atomic E-state index is 0.0819. The summed E-state index contributed by atoms with van der Waals surface area (Å²) in [5.41, 5.74) is 4.73. The highest BCUT2D eigenvalue weighted by Gasteiger charge is 2.34. The number of halogens is 3. The van der Waals surface area contributed by atoms with Crippen LogP contribution in [0.1, 0.15) is 50.8 Å². The van der Waals surface area contributed by atoms with E-state index in [2.05, 4.69) is 10.0 Å². The maximum atomic E-state index is 13.4. The van der Waals surface area contributed by atoms with E-state index in [-0.39, 0.29) is 36.5 Å². The molecule has 3 aromatic rings. The van der Waals surface area contributed by atoms with Crippen LogP contribution in [-0.2, 0) is 27.8 Å². The van der Waals surface area contributed by atoms with Crippen molar-refractivity contribution in [3.8, 4) is 0 Å². The van der Waals surface area contributed by atoms with Crippen molar-refractivity contribution in [3.63, 3.8) is 0 Å². The molecule has 0 aliphatic rings. The molecular weight excluding hydrogens is 547 g/mol. The zero-order chi connectivity index (χ0) is 29.7. The van der Waals surface area contributed by atoms with Gasteiger partial charge in [0.25, 0.3) is 10.9 Å². The van der Waals surface area contributed by atoms with E-state index in [1.165, 1.54) is 23.0 Å². The van der Waals surface area contributed by atoms with Crippen LogP contribution < -0.4 is 21.5 Å². The van der Waals surface area contributed by atoms with Gasteiger partial charge < -0.3 is 20.2 Å². The predicted molar refractivity (Wildman–Crippen MR) is 146 cm³/mol. The zero-order valence-electron chi connectivity index (χ0n) is 22.5. The van der Waals surface area contributed by atoms with Crippen molar-refractivity contribution in [3.05, 3.63) is 77.3 Å². The number of hydrogen-bond acceptors (Lipinski definition) is 8. The van der Waals surface area contributed by atoms with E-state index in [0.29, 0.717) is 23.2 Å². The fourth-order valence-corrected chi connectivity index (χ4v) is 4.35. The Morgan fingerprint density at radius 2 is 1.77 bits per heavy atom. The van der Waals surface area contributed by atoms with Gasteiger partial charge in [-0.15, -0.1) is 0 Å². The van der Waals surface area contributed by atoms with Crippen LogP contribution in [0, 0.1) is 10.8 Å². The van der Waals surface area contributed by atoms with Gasteiger partial charge in [-0.1, -0.05) is 24.3 Å². The summed E-state index contributed by atoms with van der Waals surface area (Å²) in [7, 11) is 0. The lowest BCUT2D eigenvalue weighted by molar-refractivity contribution is -0.153. The van der Waals surface area contributed by atoms with E-state index < -0.39 is 33.9 Å². The summed E-state index contributed by atoms with van der Waals surface area (Å²) < 4.78 is 55.2. The molecule has 0 bridgehead atoms. The van der Waals surface area contributed by atoms with Crippen molar-refractivity contribution in [2.24, 2.45) is 5.41 Å². The van der Waals surface area contributed by atoms with Crippen LogP contribution in [0.3, 0.4) is 0 Å². The number of alkyl halides is 3. The number of nitrogen functional groups attached to an aromatic ring is 1. The topological polar surface area (TPSA) is 135 Å². The third kappa shape index (κ3) is 7.92. The van der Waals surface area contributed by atoms with E-state index in [1.54, 1.807) is 52.1 Å². The Labute approximate surface area is 233 Å². The Morgan fingerprint density at radius 1 is 1.10 bits per heavy atom. The lowest BCUT2D eigenvalue weighted by Crippen LogP contribution is -2.38. The fraction of sp³-hybridized carbons (Fsp3) is 0.370. The number of carbonyl (C=O) groups is 2. The first kappa shape index (κ1) is 30.8. The molecule has 1 unspecified atom stereocenters. The maximum Gasteiger partial charge on any atom is 0.416 e. The highest BCUT2D eigenvalue weighted by Crippen LogP contribution is 2.35. The molecule has 0 fully saturated rings. The van der Waals surface area contributed by atoms with Gasteiger partial charge >= 0.3 is 12.1 Å². The van der Waals surface area contributed by atoms with Crippen LogP contribution in [0.5, 0.6) is 0 Å². The van der Waals surface area contributed by atoms with Crippen molar-refractivity contribution < 1.29 is 31.9 Å². The van der Waals surface area contributed by atoms with E-state index in [0.717, 1.165) is 12.1 Å². The first-order chi connectivity index (χ1) is 18.6. The maximum absolute atomic E-state index is 13.4. The van der Waals surface area contributed by atoms with Gasteiger partial charge in [-0.05, 0) is 57.0 Å². The van der Waals surface area contributed by atoms with Crippen LogP contribution >= 0.6 is 11.9 Å². The Balaban J connectivity index is 1.80. The van der Waals surface area contributed by atoms with Gasteiger partial charge in [-0.3, -0.25) is 19.6 Å². The number of amides is 1. The molecule has 2 aromatic carbocycles. The van der Waals surface area contributed by atoms with Gasteiger partial charge in [0.15, 0.2) is 0 Å². The van der Waals surface area contributed by atoms with Gasteiger partial charge in [0.2, 0.25) is 0 Å².